The summed E-state index contributed by atoms with van der Waals surface area (Å²) < 4.78 is 5.21. The Kier molecular flexibility index (Phi) is 4.70. The van der Waals surface area contributed by atoms with Crippen LogP contribution in [0.4, 0.5) is 0 Å². The summed E-state index contributed by atoms with van der Waals surface area (Å²) in [6.45, 7) is -0.546. The predicted molar refractivity (Wildman–Crippen MR) is 95.4 cm³/mol. The van der Waals surface area contributed by atoms with E-state index in [1.165, 1.54) is 12.3 Å². The molecule has 0 radical (unpaired) electrons. The van der Waals surface area contributed by atoms with Crippen molar-refractivity contribution in [2.45, 2.75) is 0 Å². The van der Waals surface area contributed by atoms with Crippen LogP contribution in [0.3, 0.4) is 0 Å². The van der Waals surface area contributed by atoms with Gasteiger partial charge in [0.05, 0.1) is 7.11 Å². The molecular weight excluding hydrogens is 336 g/mol. The van der Waals surface area contributed by atoms with Crippen LogP contribution in [0.2, 0.25) is 0 Å². The highest BCUT2D eigenvalue weighted by Gasteiger charge is 2.15. The van der Waals surface area contributed by atoms with E-state index in [1.54, 1.807) is 7.11 Å². The lowest BCUT2D eigenvalue weighted by molar-refractivity contribution is -0.135. The zero-order valence-electron chi connectivity index (χ0n) is 13.9. The molecule has 1 heterocycles. The molecular formula is C19H16N2O5. The number of nitrogens with zero attached hydrogens (tertiary/aromatic N) is 1. The fraction of sp³-hybridized carbons (Fsp3) is 0.105. The zero-order chi connectivity index (χ0) is 18.7. The zero-order valence-corrected chi connectivity index (χ0v) is 13.9. The SMILES string of the molecule is COc1ccc2cc(-c3cnc(C(=O)NCC(=O)O)c(O)c3)ccc2c1. The number of amides is 1. The van der Waals surface area contributed by atoms with Crippen LogP contribution in [-0.2, 0) is 4.79 Å². The number of benzene rings is 2. The van der Waals surface area contributed by atoms with Crippen LogP contribution in [0.5, 0.6) is 11.5 Å². The topological polar surface area (TPSA) is 109 Å². The Morgan fingerprint density at radius 3 is 2.50 bits per heavy atom. The van der Waals surface area contributed by atoms with Crippen molar-refractivity contribution in [2.75, 3.05) is 13.7 Å². The summed E-state index contributed by atoms with van der Waals surface area (Å²) in [5, 5.41) is 22.8. The number of nitrogens with one attached hydrogen (secondary N) is 1. The fourth-order valence-corrected chi connectivity index (χ4v) is 2.56. The van der Waals surface area contributed by atoms with E-state index in [2.05, 4.69) is 10.3 Å². The summed E-state index contributed by atoms with van der Waals surface area (Å²) in [6.07, 6.45) is 1.46. The molecule has 7 nitrogen and oxygen atoms in total. The molecule has 26 heavy (non-hydrogen) atoms. The van der Waals surface area contributed by atoms with Crippen LogP contribution < -0.4 is 10.1 Å². The van der Waals surface area contributed by atoms with E-state index in [0.717, 1.165) is 22.1 Å². The van der Waals surface area contributed by atoms with Gasteiger partial charge in [-0.1, -0.05) is 18.2 Å². The highest BCUT2D eigenvalue weighted by atomic mass is 16.5. The Morgan fingerprint density at radius 2 is 1.81 bits per heavy atom. The summed E-state index contributed by atoms with van der Waals surface area (Å²) in [4.78, 5) is 26.3. The number of pyridine rings is 1. The molecule has 0 unspecified atom stereocenters. The standard InChI is InChI=1S/C19H16N2O5/c1-26-15-5-4-11-6-12(2-3-13(11)7-15)14-8-16(22)18(20-9-14)19(25)21-10-17(23)24/h2-9,22H,10H2,1H3,(H,21,25)(H,23,24). The lowest BCUT2D eigenvalue weighted by atomic mass is 10.0. The summed E-state index contributed by atoms with van der Waals surface area (Å²) in [6, 6.07) is 12.9. The minimum Gasteiger partial charge on any atom is -0.505 e. The second kappa shape index (κ2) is 7.10. The number of carboxylic acid groups (broad SMARTS) is 1. The number of carbonyl (C=O) groups is 2. The van der Waals surface area contributed by atoms with Crippen LogP contribution in [-0.4, -0.2) is 40.7 Å². The van der Waals surface area contributed by atoms with Crippen molar-refractivity contribution in [3.05, 3.63) is 54.4 Å². The number of carboxylic acids is 1. The Bertz CT molecular complexity index is 1000. The van der Waals surface area contributed by atoms with Crippen LogP contribution in [0.1, 0.15) is 10.5 Å². The molecule has 0 atom stereocenters. The van der Waals surface area contributed by atoms with E-state index in [4.69, 9.17) is 9.84 Å². The lowest BCUT2D eigenvalue weighted by Gasteiger charge is -2.08. The molecule has 0 aliphatic carbocycles. The maximum absolute atomic E-state index is 11.8. The van der Waals surface area contributed by atoms with Crippen molar-refractivity contribution in [1.29, 1.82) is 0 Å². The highest BCUT2D eigenvalue weighted by Crippen LogP contribution is 2.29. The average molecular weight is 352 g/mol. The van der Waals surface area contributed by atoms with Crippen molar-refractivity contribution in [1.82, 2.24) is 10.3 Å². The van der Waals surface area contributed by atoms with Gasteiger partial charge in [-0.15, -0.1) is 0 Å². The molecule has 1 amide bonds. The summed E-state index contributed by atoms with van der Waals surface area (Å²) in [7, 11) is 1.61. The number of aromatic nitrogens is 1. The average Bonchev–Trinajstić information content (AvgIpc) is 2.65. The monoisotopic (exact) mass is 352 g/mol. The first-order chi connectivity index (χ1) is 12.5. The van der Waals surface area contributed by atoms with Gasteiger partial charge in [-0.25, -0.2) is 4.98 Å². The summed E-state index contributed by atoms with van der Waals surface area (Å²) in [5.74, 6) is -1.48. The third-order valence-electron chi connectivity index (χ3n) is 3.86. The largest absolute Gasteiger partial charge is 0.505 e. The molecule has 0 saturated carbocycles. The van der Waals surface area contributed by atoms with Crippen molar-refractivity contribution in [2.24, 2.45) is 0 Å². The molecule has 0 bridgehead atoms. The molecule has 0 fully saturated rings. The molecule has 132 valence electrons. The molecule has 3 aromatic rings. The fourth-order valence-electron chi connectivity index (χ4n) is 2.56. The van der Waals surface area contributed by atoms with Gasteiger partial charge in [0, 0.05) is 11.8 Å². The van der Waals surface area contributed by atoms with E-state index < -0.39 is 18.4 Å². The van der Waals surface area contributed by atoms with E-state index in [1.807, 2.05) is 36.4 Å². The van der Waals surface area contributed by atoms with Crippen LogP contribution in [0.15, 0.2) is 48.7 Å². The molecule has 0 spiro atoms. The predicted octanol–water partition coefficient (Wildman–Crippen LogP) is 2.43. The number of carbonyl (C=O) groups excluding carboxylic acids is 1. The minimum absolute atomic E-state index is 0.222. The molecule has 7 heteroatoms. The number of hydrogen-bond acceptors (Lipinski definition) is 5. The molecule has 1 aromatic heterocycles. The number of rotatable bonds is 5. The van der Waals surface area contributed by atoms with Crippen LogP contribution in [0, 0.1) is 0 Å². The molecule has 0 aliphatic rings. The molecule has 3 N–H and O–H groups in total. The van der Waals surface area contributed by atoms with Gasteiger partial charge < -0.3 is 20.3 Å². The van der Waals surface area contributed by atoms with Crippen molar-refractivity contribution < 1.29 is 24.5 Å². The van der Waals surface area contributed by atoms with Crippen LogP contribution in [0.25, 0.3) is 21.9 Å². The van der Waals surface area contributed by atoms with Crippen molar-refractivity contribution in [3.8, 4) is 22.6 Å². The quantitative estimate of drug-likeness (QED) is 0.651. The van der Waals surface area contributed by atoms with Gasteiger partial charge in [0.25, 0.3) is 5.91 Å². The Balaban J connectivity index is 1.90. The van der Waals surface area contributed by atoms with Gasteiger partial charge in [-0.2, -0.15) is 0 Å². The first-order valence-corrected chi connectivity index (χ1v) is 7.75. The second-order valence-electron chi connectivity index (χ2n) is 5.60. The third kappa shape index (κ3) is 3.56. The number of hydrogen-bond donors (Lipinski definition) is 3. The van der Waals surface area contributed by atoms with E-state index in [9.17, 15) is 14.7 Å². The van der Waals surface area contributed by atoms with Crippen molar-refractivity contribution >= 4 is 22.6 Å². The smallest absolute Gasteiger partial charge is 0.322 e. The Hall–Kier alpha value is -3.61. The summed E-state index contributed by atoms with van der Waals surface area (Å²) in [5.41, 5.74) is 1.23. The second-order valence-corrected chi connectivity index (χ2v) is 5.60. The number of ether oxygens (including phenoxy) is 1. The summed E-state index contributed by atoms with van der Waals surface area (Å²) >= 11 is 0. The molecule has 3 rings (SSSR count). The van der Waals surface area contributed by atoms with Gasteiger partial charge in [0.1, 0.15) is 18.0 Å². The number of aliphatic carboxylic acids is 1. The third-order valence-corrected chi connectivity index (χ3v) is 3.86. The minimum atomic E-state index is -1.18. The van der Waals surface area contributed by atoms with Crippen LogP contribution >= 0.6 is 0 Å². The van der Waals surface area contributed by atoms with Crippen molar-refractivity contribution in [3.63, 3.8) is 0 Å². The number of fused-ring (bicyclic) bond motifs is 1. The molecule has 0 saturated heterocycles. The van der Waals surface area contributed by atoms with Gasteiger partial charge in [-0.3, -0.25) is 9.59 Å². The van der Waals surface area contributed by atoms with Gasteiger partial charge in [0.2, 0.25) is 0 Å². The molecule has 0 aliphatic heterocycles. The van der Waals surface area contributed by atoms with E-state index >= 15 is 0 Å². The normalized spacial score (nSPS) is 10.5. The van der Waals surface area contributed by atoms with E-state index in [0.29, 0.717) is 5.56 Å². The van der Waals surface area contributed by atoms with Gasteiger partial charge >= 0.3 is 5.97 Å². The first kappa shape index (κ1) is 17.2. The highest BCUT2D eigenvalue weighted by molar-refractivity contribution is 5.97. The maximum Gasteiger partial charge on any atom is 0.322 e. The lowest BCUT2D eigenvalue weighted by Crippen LogP contribution is -2.29. The van der Waals surface area contributed by atoms with Gasteiger partial charge in [-0.05, 0) is 40.6 Å². The Morgan fingerprint density at radius 1 is 1.08 bits per heavy atom. The number of methoxy groups -OCH3 is 1. The first-order valence-electron chi connectivity index (χ1n) is 7.75. The molecule has 2 aromatic carbocycles. The van der Waals surface area contributed by atoms with E-state index in [-0.39, 0.29) is 11.4 Å². The maximum atomic E-state index is 11.8. The van der Waals surface area contributed by atoms with Gasteiger partial charge in [0.15, 0.2) is 5.69 Å². The number of aromatic hydroxyl groups is 1. The Labute approximate surface area is 148 Å².